The summed E-state index contributed by atoms with van der Waals surface area (Å²) in [5.41, 5.74) is 6.48. The van der Waals surface area contributed by atoms with E-state index >= 15 is 0 Å². The number of rotatable bonds is 8. The Morgan fingerprint density at radius 3 is 1.70 bits per heavy atom. The summed E-state index contributed by atoms with van der Waals surface area (Å²) in [6, 6.07) is 33.3. The van der Waals surface area contributed by atoms with E-state index in [1.54, 1.807) is 0 Å². The highest BCUT2D eigenvalue weighted by atomic mass is 79.9. The van der Waals surface area contributed by atoms with Gasteiger partial charge in [0.25, 0.3) is 0 Å². The van der Waals surface area contributed by atoms with Crippen molar-refractivity contribution >= 4 is 15.9 Å². The van der Waals surface area contributed by atoms with Gasteiger partial charge >= 0.3 is 0 Å². The van der Waals surface area contributed by atoms with Gasteiger partial charge in [0.15, 0.2) is 0 Å². The molecule has 3 heteroatoms. The van der Waals surface area contributed by atoms with Gasteiger partial charge in [-0.2, -0.15) is 0 Å². The lowest BCUT2D eigenvalue weighted by Gasteiger charge is -2.11. The molecule has 0 bridgehead atoms. The molecule has 0 amide bonds. The number of pyridine rings is 1. The highest BCUT2D eigenvalue weighted by molar-refractivity contribution is 9.09. The minimum Gasteiger partial charge on any atom is -0.494 e. The number of aromatic nitrogens is 1. The van der Waals surface area contributed by atoms with Crippen molar-refractivity contribution in [3.63, 3.8) is 0 Å². The van der Waals surface area contributed by atoms with E-state index in [1.165, 1.54) is 0 Å². The molecule has 0 saturated carbocycles. The predicted molar refractivity (Wildman–Crippen MR) is 129 cm³/mol. The molecule has 0 spiro atoms. The molecule has 0 aliphatic rings. The summed E-state index contributed by atoms with van der Waals surface area (Å²) in [4.78, 5) is 4.95. The minimum absolute atomic E-state index is 0.747. The normalized spacial score (nSPS) is 10.7. The Hall–Kier alpha value is -2.91. The fraction of sp³-hybridized carbons (Fsp3) is 0.148. The van der Waals surface area contributed by atoms with Crippen LogP contribution in [0.25, 0.3) is 33.6 Å². The number of unbranched alkanes of at least 4 members (excludes halogenated alkanes) is 1. The molecule has 0 fully saturated rings. The van der Waals surface area contributed by atoms with Gasteiger partial charge in [-0.25, -0.2) is 4.98 Å². The van der Waals surface area contributed by atoms with Crippen LogP contribution >= 0.6 is 15.9 Å². The summed E-state index contributed by atoms with van der Waals surface area (Å²) in [7, 11) is 0. The summed E-state index contributed by atoms with van der Waals surface area (Å²) in [6.45, 7) is 0.747. The zero-order chi connectivity index (χ0) is 20.6. The lowest BCUT2D eigenvalue weighted by atomic mass is 10.00. The number of alkyl halides is 1. The first-order valence-electron chi connectivity index (χ1n) is 10.3. The van der Waals surface area contributed by atoms with Gasteiger partial charge in [0.2, 0.25) is 0 Å². The second-order valence-electron chi connectivity index (χ2n) is 7.13. The van der Waals surface area contributed by atoms with Crippen molar-refractivity contribution in [2.24, 2.45) is 0 Å². The second kappa shape index (κ2) is 10.2. The van der Waals surface area contributed by atoms with Crippen LogP contribution < -0.4 is 4.74 Å². The van der Waals surface area contributed by atoms with E-state index < -0.39 is 0 Å². The van der Waals surface area contributed by atoms with E-state index in [2.05, 4.69) is 64.5 Å². The third kappa shape index (κ3) is 5.17. The van der Waals surface area contributed by atoms with E-state index in [9.17, 15) is 0 Å². The number of hydrogen-bond acceptors (Lipinski definition) is 2. The first-order valence-corrected chi connectivity index (χ1v) is 11.4. The third-order valence-corrected chi connectivity index (χ3v) is 5.51. The van der Waals surface area contributed by atoms with Gasteiger partial charge in [0.1, 0.15) is 5.75 Å². The highest BCUT2D eigenvalue weighted by Gasteiger charge is 2.09. The van der Waals surface area contributed by atoms with Gasteiger partial charge < -0.3 is 4.74 Å². The third-order valence-electron chi connectivity index (χ3n) is 4.95. The molecule has 1 heterocycles. The molecule has 4 aromatic rings. The Kier molecular flexibility index (Phi) is 6.94. The molecule has 30 heavy (non-hydrogen) atoms. The van der Waals surface area contributed by atoms with E-state index in [-0.39, 0.29) is 0 Å². The fourth-order valence-electron chi connectivity index (χ4n) is 3.34. The van der Waals surface area contributed by atoms with Gasteiger partial charge in [-0.15, -0.1) is 0 Å². The number of hydrogen-bond donors (Lipinski definition) is 0. The van der Waals surface area contributed by atoms with Gasteiger partial charge in [0, 0.05) is 16.5 Å². The lowest BCUT2D eigenvalue weighted by Crippen LogP contribution is -1.97. The summed E-state index contributed by atoms with van der Waals surface area (Å²) in [6.07, 6.45) is 2.18. The van der Waals surface area contributed by atoms with Crippen molar-refractivity contribution < 1.29 is 4.74 Å². The highest BCUT2D eigenvalue weighted by Crippen LogP contribution is 2.31. The molecule has 0 saturated heterocycles. The molecule has 0 atom stereocenters. The maximum Gasteiger partial charge on any atom is 0.119 e. The molecular formula is C27H24BrNO. The SMILES string of the molecule is BrCCCCOc1ccc(-c2cc(-c3ccccc3)nc(-c3ccccc3)c2)cc1. The largest absolute Gasteiger partial charge is 0.494 e. The quantitative estimate of drug-likeness (QED) is 0.200. The zero-order valence-corrected chi connectivity index (χ0v) is 18.4. The van der Waals surface area contributed by atoms with Crippen LogP contribution in [0.1, 0.15) is 12.8 Å². The molecule has 0 unspecified atom stereocenters. The average molecular weight is 458 g/mol. The standard InChI is InChI=1S/C27H24BrNO/c28-17-7-8-18-30-25-15-13-21(14-16-25)24-19-26(22-9-3-1-4-10-22)29-27(20-24)23-11-5-2-6-12-23/h1-6,9-16,19-20H,7-8,17-18H2. The van der Waals surface area contributed by atoms with E-state index in [0.717, 1.165) is 64.2 Å². The van der Waals surface area contributed by atoms with Crippen LogP contribution in [0.5, 0.6) is 5.75 Å². The molecular weight excluding hydrogens is 434 g/mol. The van der Waals surface area contributed by atoms with Crippen molar-refractivity contribution in [3.05, 3.63) is 97.1 Å². The van der Waals surface area contributed by atoms with Crippen molar-refractivity contribution in [1.29, 1.82) is 0 Å². The van der Waals surface area contributed by atoms with Crippen molar-refractivity contribution in [1.82, 2.24) is 4.98 Å². The Balaban J connectivity index is 1.67. The Labute approximate surface area is 186 Å². The van der Waals surface area contributed by atoms with Crippen LogP contribution in [-0.4, -0.2) is 16.9 Å². The van der Waals surface area contributed by atoms with Crippen molar-refractivity contribution in [2.45, 2.75) is 12.8 Å². The van der Waals surface area contributed by atoms with Gasteiger partial charge in [-0.05, 0) is 48.2 Å². The Bertz CT molecular complexity index is 1010. The predicted octanol–water partition coefficient (Wildman–Crippen LogP) is 7.64. The van der Waals surface area contributed by atoms with Crippen LogP contribution in [-0.2, 0) is 0 Å². The first kappa shape index (κ1) is 20.4. The maximum atomic E-state index is 5.85. The van der Waals surface area contributed by atoms with Crippen LogP contribution in [0.15, 0.2) is 97.1 Å². The summed E-state index contributed by atoms with van der Waals surface area (Å²) in [5, 5.41) is 1.02. The molecule has 0 N–H and O–H groups in total. The first-order chi connectivity index (χ1) is 14.8. The smallest absolute Gasteiger partial charge is 0.119 e. The molecule has 0 aliphatic carbocycles. The Morgan fingerprint density at radius 2 is 1.17 bits per heavy atom. The average Bonchev–Trinajstić information content (AvgIpc) is 2.83. The van der Waals surface area contributed by atoms with Crippen LogP contribution in [0.3, 0.4) is 0 Å². The molecule has 1 aromatic heterocycles. The Morgan fingerprint density at radius 1 is 0.600 bits per heavy atom. The summed E-state index contributed by atoms with van der Waals surface area (Å²) >= 11 is 3.46. The summed E-state index contributed by atoms with van der Waals surface area (Å²) in [5.74, 6) is 0.911. The number of ether oxygens (including phenoxy) is 1. The van der Waals surface area contributed by atoms with Crippen LogP contribution in [0.4, 0.5) is 0 Å². The van der Waals surface area contributed by atoms with Crippen molar-refractivity contribution in [2.75, 3.05) is 11.9 Å². The fourth-order valence-corrected chi connectivity index (χ4v) is 3.74. The molecule has 2 nitrogen and oxygen atoms in total. The second-order valence-corrected chi connectivity index (χ2v) is 7.92. The molecule has 0 radical (unpaired) electrons. The van der Waals surface area contributed by atoms with E-state index in [1.807, 2.05) is 48.5 Å². The number of benzene rings is 3. The van der Waals surface area contributed by atoms with Gasteiger partial charge in [0.05, 0.1) is 18.0 Å². The van der Waals surface area contributed by atoms with E-state index in [4.69, 9.17) is 9.72 Å². The lowest BCUT2D eigenvalue weighted by molar-refractivity contribution is 0.310. The zero-order valence-electron chi connectivity index (χ0n) is 16.8. The monoisotopic (exact) mass is 457 g/mol. The topological polar surface area (TPSA) is 22.1 Å². The summed E-state index contributed by atoms with van der Waals surface area (Å²) < 4.78 is 5.85. The molecule has 4 rings (SSSR count). The number of nitrogens with zero attached hydrogens (tertiary/aromatic N) is 1. The molecule has 3 aromatic carbocycles. The van der Waals surface area contributed by atoms with Crippen molar-refractivity contribution in [3.8, 4) is 39.4 Å². The number of halogens is 1. The van der Waals surface area contributed by atoms with Crippen LogP contribution in [0, 0.1) is 0 Å². The van der Waals surface area contributed by atoms with Crippen LogP contribution in [0.2, 0.25) is 0 Å². The molecule has 0 aliphatic heterocycles. The van der Waals surface area contributed by atoms with E-state index in [0.29, 0.717) is 0 Å². The minimum atomic E-state index is 0.747. The van der Waals surface area contributed by atoms with Gasteiger partial charge in [-0.1, -0.05) is 88.7 Å². The maximum absolute atomic E-state index is 5.85. The van der Waals surface area contributed by atoms with Gasteiger partial charge in [-0.3, -0.25) is 0 Å². The molecule has 150 valence electrons.